The molecule has 2 aromatic carbocycles. The van der Waals surface area contributed by atoms with E-state index in [1.54, 1.807) is 36.4 Å². The van der Waals surface area contributed by atoms with E-state index in [0.29, 0.717) is 11.4 Å². The number of methoxy groups -OCH3 is 1. The van der Waals surface area contributed by atoms with Gasteiger partial charge in [0.1, 0.15) is 5.75 Å². The zero-order chi connectivity index (χ0) is 19.4. The molecular formula is C19H22N2O5S. The van der Waals surface area contributed by atoms with Crippen LogP contribution < -0.4 is 9.74 Å². The molecule has 2 aromatic rings. The Labute approximate surface area is 159 Å². The van der Waals surface area contributed by atoms with Crippen molar-refractivity contribution in [2.75, 3.05) is 32.1 Å². The lowest BCUT2D eigenvalue weighted by Gasteiger charge is -2.22. The largest absolute Gasteiger partial charge is 0.465 e. The third-order valence-electron chi connectivity index (χ3n) is 4.40. The van der Waals surface area contributed by atoms with Crippen LogP contribution in [0.3, 0.4) is 0 Å². The monoisotopic (exact) mass is 390 g/mol. The molecule has 1 aliphatic rings. The Hall–Kier alpha value is -2.58. The number of para-hydroxylation sites is 1. The number of ether oxygens (including phenoxy) is 1. The number of benzene rings is 2. The van der Waals surface area contributed by atoms with Crippen molar-refractivity contribution >= 4 is 21.7 Å². The standard InChI is InChI=1S/C19H22N2O5S/c1-20(26-17-8-4-3-5-9-17)27(23,24)18-13-15(19(22)25-2)12-16(14-18)21-10-6-7-11-21/h3-5,8-9,12-14H,6-7,10-11H2,1-2H3. The van der Waals surface area contributed by atoms with Crippen LogP contribution >= 0.6 is 0 Å². The summed E-state index contributed by atoms with van der Waals surface area (Å²) in [5.74, 6) is -0.188. The molecule has 0 bridgehead atoms. The van der Waals surface area contributed by atoms with Gasteiger partial charge in [-0.15, -0.1) is 0 Å². The first-order chi connectivity index (χ1) is 12.9. The fourth-order valence-corrected chi connectivity index (χ4v) is 3.98. The predicted octanol–water partition coefficient (Wildman–Crippen LogP) is 2.69. The zero-order valence-electron chi connectivity index (χ0n) is 15.3. The van der Waals surface area contributed by atoms with Crippen LogP contribution in [0, 0.1) is 0 Å². The molecule has 3 rings (SSSR count). The highest BCUT2D eigenvalue weighted by Crippen LogP contribution is 2.27. The number of carbonyl (C=O) groups is 1. The smallest absolute Gasteiger partial charge is 0.337 e. The Morgan fingerprint density at radius 2 is 1.74 bits per heavy atom. The maximum atomic E-state index is 13.0. The number of hydroxylamine groups is 1. The van der Waals surface area contributed by atoms with Crippen LogP contribution in [-0.4, -0.2) is 46.1 Å². The van der Waals surface area contributed by atoms with Crippen molar-refractivity contribution < 1.29 is 22.8 Å². The summed E-state index contributed by atoms with van der Waals surface area (Å²) in [5.41, 5.74) is 0.871. The maximum absolute atomic E-state index is 13.0. The molecule has 1 heterocycles. The highest BCUT2D eigenvalue weighted by molar-refractivity contribution is 7.89. The van der Waals surface area contributed by atoms with Crippen LogP contribution in [0.25, 0.3) is 0 Å². The molecule has 8 heteroatoms. The average molecular weight is 390 g/mol. The summed E-state index contributed by atoms with van der Waals surface area (Å²) < 4.78 is 31.6. The number of sulfonamides is 1. The maximum Gasteiger partial charge on any atom is 0.337 e. The summed E-state index contributed by atoms with van der Waals surface area (Å²) in [6.07, 6.45) is 2.06. The van der Waals surface area contributed by atoms with Gasteiger partial charge in [-0.05, 0) is 47.6 Å². The van der Waals surface area contributed by atoms with Crippen molar-refractivity contribution in [3.05, 3.63) is 54.1 Å². The predicted molar refractivity (Wildman–Crippen MR) is 101 cm³/mol. The molecule has 0 radical (unpaired) electrons. The third kappa shape index (κ3) is 4.23. The van der Waals surface area contributed by atoms with Crippen LogP contribution in [0.2, 0.25) is 0 Å². The molecule has 0 unspecified atom stereocenters. The van der Waals surface area contributed by atoms with Crippen LogP contribution in [0.5, 0.6) is 5.75 Å². The lowest BCUT2D eigenvalue weighted by Crippen LogP contribution is -2.30. The van der Waals surface area contributed by atoms with Crippen molar-refractivity contribution in [1.29, 1.82) is 0 Å². The molecule has 1 aliphatic heterocycles. The average Bonchev–Trinajstić information content (AvgIpc) is 3.22. The van der Waals surface area contributed by atoms with Gasteiger partial charge >= 0.3 is 5.97 Å². The van der Waals surface area contributed by atoms with Gasteiger partial charge in [0.15, 0.2) is 0 Å². The van der Waals surface area contributed by atoms with E-state index in [2.05, 4.69) is 4.90 Å². The Kier molecular flexibility index (Phi) is 5.67. The van der Waals surface area contributed by atoms with Crippen LogP contribution in [0.4, 0.5) is 5.69 Å². The summed E-state index contributed by atoms with van der Waals surface area (Å²) in [5, 5.41) is 0. The number of carbonyl (C=O) groups excluding carboxylic acids is 1. The summed E-state index contributed by atoms with van der Waals surface area (Å²) in [6.45, 7) is 1.64. The molecule has 0 atom stereocenters. The van der Waals surface area contributed by atoms with E-state index in [9.17, 15) is 13.2 Å². The third-order valence-corrected chi connectivity index (χ3v) is 5.98. The first-order valence-electron chi connectivity index (χ1n) is 8.62. The van der Waals surface area contributed by atoms with Gasteiger partial charge < -0.3 is 14.5 Å². The first-order valence-corrected chi connectivity index (χ1v) is 10.1. The van der Waals surface area contributed by atoms with E-state index in [1.807, 2.05) is 6.07 Å². The second-order valence-corrected chi connectivity index (χ2v) is 8.16. The fourth-order valence-electron chi connectivity index (χ4n) is 2.95. The van der Waals surface area contributed by atoms with E-state index in [4.69, 9.17) is 9.57 Å². The number of esters is 1. The first kappa shape index (κ1) is 19.2. The van der Waals surface area contributed by atoms with Gasteiger partial charge in [0, 0.05) is 25.8 Å². The SMILES string of the molecule is COC(=O)c1cc(N2CCCC2)cc(S(=O)(=O)N(C)Oc2ccccc2)c1. The normalized spacial score (nSPS) is 14.4. The molecule has 0 aliphatic carbocycles. The van der Waals surface area contributed by atoms with Crippen LogP contribution in [0.1, 0.15) is 23.2 Å². The molecule has 27 heavy (non-hydrogen) atoms. The van der Waals surface area contributed by atoms with Gasteiger partial charge in [-0.2, -0.15) is 0 Å². The van der Waals surface area contributed by atoms with Gasteiger partial charge in [-0.3, -0.25) is 0 Å². The Morgan fingerprint density at radius 1 is 1.07 bits per heavy atom. The van der Waals surface area contributed by atoms with E-state index < -0.39 is 16.0 Å². The van der Waals surface area contributed by atoms with Gasteiger partial charge in [-0.1, -0.05) is 18.2 Å². The minimum absolute atomic E-state index is 0.0225. The van der Waals surface area contributed by atoms with E-state index in [-0.39, 0.29) is 10.5 Å². The van der Waals surface area contributed by atoms with Gasteiger partial charge in [-0.25, -0.2) is 13.2 Å². The van der Waals surface area contributed by atoms with E-state index >= 15 is 0 Å². The number of hydrogen-bond donors (Lipinski definition) is 0. The number of hydrogen-bond acceptors (Lipinski definition) is 6. The topological polar surface area (TPSA) is 76.2 Å². The van der Waals surface area contributed by atoms with Crippen molar-refractivity contribution in [2.24, 2.45) is 0 Å². The molecule has 1 saturated heterocycles. The summed E-state index contributed by atoms with van der Waals surface area (Å²) in [6, 6.07) is 13.2. The summed E-state index contributed by atoms with van der Waals surface area (Å²) in [7, 11) is -1.39. The molecule has 0 saturated carbocycles. The van der Waals surface area contributed by atoms with Crippen molar-refractivity contribution in [3.8, 4) is 5.75 Å². The molecule has 0 amide bonds. The van der Waals surface area contributed by atoms with Crippen LogP contribution in [0.15, 0.2) is 53.4 Å². The minimum Gasteiger partial charge on any atom is -0.465 e. The van der Waals surface area contributed by atoms with Crippen LogP contribution in [-0.2, 0) is 14.8 Å². The fraction of sp³-hybridized carbons (Fsp3) is 0.316. The molecule has 0 aromatic heterocycles. The van der Waals surface area contributed by atoms with Crippen molar-refractivity contribution in [1.82, 2.24) is 4.47 Å². The number of rotatable bonds is 6. The van der Waals surface area contributed by atoms with Crippen molar-refractivity contribution in [2.45, 2.75) is 17.7 Å². The Morgan fingerprint density at radius 3 is 2.37 bits per heavy atom. The second-order valence-electron chi connectivity index (χ2n) is 6.22. The molecule has 144 valence electrons. The highest BCUT2D eigenvalue weighted by Gasteiger charge is 2.26. The lowest BCUT2D eigenvalue weighted by molar-refractivity contribution is 0.0599. The molecule has 0 N–H and O–H groups in total. The Bertz CT molecular complexity index is 909. The van der Waals surface area contributed by atoms with E-state index in [1.165, 1.54) is 20.2 Å². The summed E-state index contributed by atoms with van der Waals surface area (Å²) in [4.78, 5) is 19.5. The quantitative estimate of drug-likeness (QED) is 0.558. The zero-order valence-corrected chi connectivity index (χ0v) is 16.1. The van der Waals surface area contributed by atoms with Gasteiger partial charge in [0.05, 0.1) is 17.6 Å². The number of anilines is 1. The minimum atomic E-state index is -3.98. The lowest BCUT2D eigenvalue weighted by atomic mass is 10.2. The van der Waals surface area contributed by atoms with E-state index in [0.717, 1.165) is 30.4 Å². The molecular weight excluding hydrogens is 368 g/mol. The molecule has 1 fully saturated rings. The highest BCUT2D eigenvalue weighted by atomic mass is 32.2. The number of nitrogens with zero attached hydrogens (tertiary/aromatic N) is 2. The second kappa shape index (κ2) is 7.98. The molecule has 0 spiro atoms. The van der Waals surface area contributed by atoms with Gasteiger partial charge in [0.2, 0.25) is 0 Å². The Balaban J connectivity index is 1.97. The summed E-state index contributed by atoms with van der Waals surface area (Å²) >= 11 is 0. The molecule has 7 nitrogen and oxygen atoms in total. The van der Waals surface area contributed by atoms with Gasteiger partial charge in [0.25, 0.3) is 10.0 Å². The van der Waals surface area contributed by atoms with Crippen molar-refractivity contribution in [3.63, 3.8) is 0 Å².